The molecule has 0 amide bonds. The second kappa shape index (κ2) is 8.63. The predicted molar refractivity (Wildman–Crippen MR) is 88.0 cm³/mol. The Hall–Kier alpha value is -1.61. The normalized spacial score (nSPS) is 10.7. The van der Waals surface area contributed by atoms with E-state index >= 15 is 0 Å². The van der Waals surface area contributed by atoms with Crippen LogP contribution >= 0.6 is 11.3 Å². The zero-order valence-corrected chi connectivity index (χ0v) is 13.1. The van der Waals surface area contributed by atoms with E-state index in [1.54, 1.807) is 0 Å². The monoisotopic (exact) mass is 302 g/mol. The van der Waals surface area contributed by atoms with Crippen molar-refractivity contribution in [2.75, 3.05) is 0 Å². The number of benzene rings is 1. The zero-order valence-electron chi connectivity index (χ0n) is 12.3. The van der Waals surface area contributed by atoms with Gasteiger partial charge >= 0.3 is 5.97 Å². The maximum absolute atomic E-state index is 10.5. The Bertz CT molecular complexity index is 545. The molecule has 21 heavy (non-hydrogen) atoms. The van der Waals surface area contributed by atoms with Gasteiger partial charge in [-0.25, -0.2) is 0 Å². The Labute approximate surface area is 130 Å². The van der Waals surface area contributed by atoms with E-state index in [0.29, 0.717) is 0 Å². The van der Waals surface area contributed by atoms with Crippen molar-refractivity contribution in [1.82, 2.24) is 0 Å². The number of carbonyl (C=O) groups is 1. The molecule has 0 fully saturated rings. The summed E-state index contributed by atoms with van der Waals surface area (Å²) in [7, 11) is 0. The van der Waals surface area contributed by atoms with Crippen molar-refractivity contribution in [3.8, 4) is 0 Å². The van der Waals surface area contributed by atoms with Gasteiger partial charge in [0, 0.05) is 16.2 Å². The van der Waals surface area contributed by atoms with Crippen LogP contribution in [0, 0.1) is 0 Å². The maximum atomic E-state index is 10.5. The van der Waals surface area contributed by atoms with E-state index in [1.165, 1.54) is 28.2 Å². The number of unbranched alkanes of at least 4 members (excludes halogenated alkanes) is 1. The number of carboxylic acids is 1. The van der Waals surface area contributed by atoms with Crippen molar-refractivity contribution < 1.29 is 9.90 Å². The predicted octanol–water partition coefficient (Wildman–Crippen LogP) is 4.72. The summed E-state index contributed by atoms with van der Waals surface area (Å²) >= 11 is 1.84. The lowest BCUT2D eigenvalue weighted by molar-refractivity contribution is -0.137. The third-order valence-corrected chi connectivity index (χ3v) is 4.72. The van der Waals surface area contributed by atoms with Crippen LogP contribution in [0.15, 0.2) is 42.5 Å². The fourth-order valence-electron chi connectivity index (χ4n) is 2.38. The molecular formula is C18H22O2S. The van der Waals surface area contributed by atoms with Crippen LogP contribution in [0.25, 0.3) is 0 Å². The minimum absolute atomic E-state index is 0.268. The summed E-state index contributed by atoms with van der Waals surface area (Å²) in [5.74, 6) is -0.701. The fourth-order valence-corrected chi connectivity index (χ4v) is 3.48. The van der Waals surface area contributed by atoms with E-state index in [0.717, 1.165) is 25.7 Å². The van der Waals surface area contributed by atoms with Crippen LogP contribution in [-0.4, -0.2) is 11.1 Å². The highest BCUT2D eigenvalue weighted by Gasteiger charge is 2.03. The molecule has 2 rings (SSSR count). The Morgan fingerprint density at radius 1 is 0.857 bits per heavy atom. The Kier molecular flexibility index (Phi) is 6.48. The van der Waals surface area contributed by atoms with Gasteiger partial charge in [-0.1, -0.05) is 30.3 Å². The average Bonchev–Trinajstić information content (AvgIpc) is 2.92. The van der Waals surface area contributed by atoms with Gasteiger partial charge < -0.3 is 5.11 Å². The van der Waals surface area contributed by atoms with Crippen LogP contribution in [0.2, 0.25) is 0 Å². The molecule has 1 aromatic heterocycles. The Morgan fingerprint density at radius 3 is 2.14 bits per heavy atom. The first-order chi connectivity index (χ1) is 10.2. The highest BCUT2D eigenvalue weighted by atomic mass is 32.1. The summed E-state index contributed by atoms with van der Waals surface area (Å²) in [6.45, 7) is 0. The number of aliphatic carboxylic acids is 1. The second-order valence-electron chi connectivity index (χ2n) is 5.31. The SMILES string of the molecule is O=C(O)CCCc1ccc(CCCCc2ccccc2)s1. The van der Waals surface area contributed by atoms with Crippen molar-refractivity contribution in [3.05, 3.63) is 57.8 Å². The van der Waals surface area contributed by atoms with Crippen molar-refractivity contribution in [3.63, 3.8) is 0 Å². The summed E-state index contributed by atoms with van der Waals surface area (Å²) in [6.07, 6.45) is 6.61. The number of aryl methyl sites for hydroxylation is 3. The third-order valence-electron chi connectivity index (χ3n) is 3.51. The Balaban J connectivity index is 1.65. The van der Waals surface area contributed by atoms with Gasteiger partial charge in [0.25, 0.3) is 0 Å². The molecular weight excluding hydrogens is 280 g/mol. The highest BCUT2D eigenvalue weighted by Crippen LogP contribution is 2.21. The molecule has 0 bridgehead atoms. The quantitative estimate of drug-likeness (QED) is 0.680. The molecule has 0 spiro atoms. The average molecular weight is 302 g/mol. The molecule has 0 aliphatic rings. The molecule has 0 aliphatic heterocycles. The molecule has 1 heterocycles. The highest BCUT2D eigenvalue weighted by molar-refractivity contribution is 7.11. The van der Waals surface area contributed by atoms with Crippen LogP contribution in [-0.2, 0) is 24.1 Å². The van der Waals surface area contributed by atoms with Gasteiger partial charge in [0.2, 0.25) is 0 Å². The van der Waals surface area contributed by atoms with E-state index < -0.39 is 5.97 Å². The van der Waals surface area contributed by atoms with Crippen molar-refractivity contribution in [2.45, 2.75) is 44.9 Å². The second-order valence-corrected chi connectivity index (χ2v) is 6.56. The van der Waals surface area contributed by atoms with Gasteiger partial charge in [0.05, 0.1) is 0 Å². The topological polar surface area (TPSA) is 37.3 Å². The third kappa shape index (κ3) is 6.13. The number of thiophene rings is 1. The number of rotatable bonds is 9. The molecule has 2 nitrogen and oxygen atoms in total. The number of hydrogen-bond acceptors (Lipinski definition) is 2. The molecule has 0 aliphatic carbocycles. The molecule has 0 unspecified atom stereocenters. The first kappa shape index (κ1) is 15.8. The van der Waals surface area contributed by atoms with E-state index in [-0.39, 0.29) is 6.42 Å². The molecule has 0 atom stereocenters. The standard InChI is InChI=1S/C18H22O2S/c19-18(20)12-6-11-17-14-13-16(21-17)10-5-4-9-15-7-2-1-3-8-15/h1-3,7-8,13-14H,4-6,9-12H2,(H,19,20). The summed E-state index contributed by atoms with van der Waals surface area (Å²) in [5, 5.41) is 8.64. The van der Waals surface area contributed by atoms with Gasteiger partial charge in [-0.3, -0.25) is 4.79 Å². The maximum Gasteiger partial charge on any atom is 0.303 e. The molecule has 112 valence electrons. The zero-order chi connectivity index (χ0) is 14.9. The molecule has 2 aromatic rings. The van der Waals surface area contributed by atoms with Gasteiger partial charge in [-0.15, -0.1) is 11.3 Å². The Morgan fingerprint density at radius 2 is 1.48 bits per heavy atom. The summed E-state index contributed by atoms with van der Waals surface area (Å²) in [5.41, 5.74) is 1.41. The number of hydrogen-bond donors (Lipinski definition) is 1. The minimum atomic E-state index is -0.701. The minimum Gasteiger partial charge on any atom is -0.481 e. The van der Waals surface area contributed by atoms with Crippen LogP contribution in [0.1, 0.15) is 41.0 Å². The molecule has 0 saturated carbocycles. The molecule has 1 aromatic carbocycles. The summed E-state index contributed by atoms with van der Waals surface area (Å²) in [6, 6.07) is 15.0. The van der Waals surface area contributed by atoms with Gasteiger partial charge in [0.15, 0.2) is 0 Å². The van der Waals surface area contributed by atoms with Crippen molar-refractivity contribution >= 4 is 17.3 Å². The van der Waals surface area contributed by atoms with Crippen molar-refractivity contribution in [2.24, 2.45) is 0 Å². The molecule has 3 heteroatoms. The molecule has 0 saturated heterocycles. The van der Waals surface area contributed by atoms with E-state index in [4.69, 9.17) is 5.11 Å². The lowest BCUT2D eigenvalue weighted by Gasteiger charge is -2.00. The summed E-state index contributed by atoms with van der Waals surface area (Å²) < 4.78 is 0. The van der Waals surface area contributed by atoms with E-state index in [1.807, 2.05) is 11.3 Å². The lowest BCUT2D eigenvalue weighted by Crippen LogP contribution is -1.94. The van der Waals surface area contributed by atoms with Gasteiger partial charge in [-0.2, -0.15) is 0 Å². The van der Waals surface area contributed by atoms with Gasteiger partial charge in [-0.05, 0) is 56.2 Å². The van der Waals surface area contributed by atoms with Crippen LogP contribution < -0.4 is 0 Å². The van der Waals surface area contributed by atoms with Gasteiger partial charge in [0.1, 0.15) is 0 Å². The number of carboxylic acid groups (broad SMARTS) is 1. The van der Waals surface area contributed by atoms with Crippen molar-refractivity contribution in [1.29, 1.82) is 0 Å². The molecule has 0 radical (unpaired) electrons. The molecule has 1 N–H and O–H groups in total. The largest absolute Gasteiger partial charge is 0.481 e. The van der Waals surface area contributed by atoms with Crippen LogP contribution in [0.5, 0.6) is 0 Å². The van der Waals surface area contributed by atoms with E-state index in [2.05, 4.69) is 42.5 Å². The summed E-state index contributed by atoms with van der Waals surface area (Å²) in [4.78, 5) is 13.2. The van der Waals surface area contributed by atoms with E-state index in [9.17, 15) is 4.79 Å². The lowest BCUT2D eigenvalue weighted by atomic mass is 10.1. The first-order valence-corrected chi connectivity index (χ1v) is 8.39. The fraction of sp³-hybridized carbons (Fsp3) is 0.389. The van der Waals surface area contributed by atoms with Crippen LogP contribution in [0.3, 0.4) is 0 Å². The first-order valence-electron chi connectivity index (χ1n) is 7.57. The van der Waals surface area contributed by atoms with Crippen LogP contribution in [0.4, 0.5) is 0 Å². The smallest absolute Gasteiger partial charge is 0.303 e.